The predicted octanol–water partition coefficient (Wildman–Crippen LogP) is 6.29. The van der Waals surface area contributed by atoms with Gasteiger partial charge >= 0.3 is 0 Å². The fourth-order valence-corrected chi connectivity index (χ4v) is 3.31. The van der Waals surface area contributed by atoms with E-state index in [-0.39, 0.29) is 0 Å². The molecule has 1 saturated carbocycles. The van der Waals surface area contributed by atoms with Gasteiger partial charge in [0.15, 0.2) is 11.6 Å². The lowest BCUT2D eigenvalue weighted by atomic mass is 9.79. The van der Waals surface area contributed by atoms with E-state index in [1.807, 2.05) is 6.08 Å². The van der Waals surface area contributed by atoms with Gasteiger partial charge in [-0.25, -0.2) is 8.78 Å². The van der Waals surface area contributed by atoms with Crippen LogP contribution in [0.15, 0.2) is 30.4 Å². The Kier molecular flexibility index (Phi) is 7.57. The van der Waals surface area contributed by atoms with E-state index in [4.69, 9.17) is 4.74 Å². The van der Waals surface area contributed by atoms with Crippen molar-refractivity contribution in [2.75, 3.05) is 6.61 Å². The first-order chi connectivity index (χ1) is 11.2. The van der Waals surface area contributed by atoms with Crippen molar-refractivity contribution in [1.29, 1.82) is 0 Å². The summed E-state index contributed by atoms with van der Waals surface area (Å²) in [6, 6.07) is 3.63. The van der Waals surface area contributed by atoms with Crippen molar-refractivity contribution in [3.63, 3.8) is 0 Å². The van der Waals surface area contributed by atoms with Crippen LogP contribution in [-0.4, -0.2) is 6.61 Å². The van der Waals surface area contributed by atoms with Crippen molar-refractivity contribution in [3.05, 3.63) is 42.0 Å². The number of rotatable bonds is 8. The zero-order chi connectivity index (χ0) is 16.5. The molecule has 0 aromatic heterocycles. The Morgan fingerprint density at radius 3 is 2.57 bits per heavy atom. The van der Waals surface area contributed by atoms with Crippen LogP contribution < -0.4 is 4.74 Å². The highest BCUT2D eigenvalue weighted by atomic mass is 19.2. The lowest BCUT2D eigenvalue weighted by Crippen LogP contribution is -2.13. The van der Waals surface area contributed by atoms with Crippen molar-refractivity contribution in [2.24, 2.45) is 11.8 Å². The quantitative estimate of drug-likeness (QED) is 0.404. The standard InChI is InChI=1S/C20H28F2O/c1-2-3-4-6-16-8-10-17(11-9-16)7-5-14-23-18-12-13-19(21)20(22)15-18/h5,7,12-13,15-17H,2-4,6,8-11,14H2,1H3/b7-5+/t16-,17-. The molecule has 1 fully saturated rings. The van der Waals surface area contributed by atoms with E-state index >= 15 is 0 Å². The minimum Gasteiger partial charge on any atom is -0.489 e. The van der Waals surface area contributed by atoms with Gasteiger partial charge in [0.1, 0.15) is 12.4 Å². The molecule has 0 unspecified atom stereocenters. The van der Waals surface area contributed by atoms with Crippen LogP contribution in [0.5, 0.6) is 5.75 Å². The van der Waals surface area contributed by atoms with Gasteiger partial charge in [-0.1, -0.05) is 44.8 Å². The Morgan fingerprint density at radius 1 is 1.09 bits per heavy atom. The summed E-state index contributed by atoms with van der Waals surface area (Å²) >= 11 is 0. The van der Waals surface area contributed by atoms with Gasteiger partial charge in [-0.05, 0) is 49.7 Å². The lowest BCUT2D eigenvalue weighted by molar-refractivity contribution is 0.288. The number of hydrogen-bond donors (Lipinski definition) is 0. The normalized spacial score (nSPS) is 21.7. The zero-order valence-corrected chi connectivity index (χ0v) is 14.1. The van der Waals surface area contributed by atoms with Gasteiger partial charge in [0.25, 0.3) is 0 Å². The lowest BCUT2D eigenvalue weighted by Gasteiger charge is -2.26. The third kappa shape index (κ3) is 6.32. The number of halogens is 2. The van der Waals surface area contributed by atoms with Gasteiger partial charge in [-0.2, -0.15) is 0 Å². The molecule has 0 heterocycles. The molecular formula is C20H28F2O. The fraction of sp³-hybridized carbons (Fsp3) is 0.600. The van der Waals surface area contributed by atoms with Gasteiger partial charge in [-0.3, -0.25) is 0 Å². The smallest absolute Gasteiger partial charge is 0.162 e. The maximum atomic E-state index is 13.1. The molecule has 0 amide bonds. The second kappa shape index (κ2) is 9.69. The molecule has 0 aliphatic heterocycles. The molecule has 0 spiro atoms. The molecule has 0 atom stereocenters. The second-order valence-corrected chi connectivity index (χ2v) is 6.59. The largest absolute Gasteiger partial charge is 0.489 e. The first-order valence-corrected chi connectivity index (χ1v) is 8.93. The van der Waals surface area contributed by atoms with Crippen molar-refractivity contribution < 1.29 is 13.5 Å². The van der Waals surface area contributed by atoms with Crippen LogP contribution in [0.4, 0.5) is 8.78 Å². The predicted molar refractivity (Wildman–Crippen MR) is 90.6 cm³/mol. The maximum Gasteiger partial charge on any atom is 0.162 e. The minimum absolute atomic E-state index is 0.369. The van der Waals surface area contributed by atoms with Gasteiger partial charge in [-0.15, -0.1) is 0 Å². The van der Waals surface area contributed by atoms with Crippen LogP contribution in [-0.2, 0) is 0 Å². The first kappa shape index (κ1) is 18.0. The number of benzene rings is 1. The Balaban J connectivity index is 1.64. The molecule has 128 valence electrons. The van der Waals surface area contributed by atoms with Gasteiger partial charge in [0.2, 0.25) is 0 Å². The van der Waals surface area contributed by atoms with Gasteiger partial charge < -0.3 is 4.74 Å². The van der Waals surface area contributed by atoms with E-state index in [1.165, 1.54) is 57.4 Å². The summed E-state index contributed by atoms with van der Waals surface area (Å²) in [5.41, 5.74) is 0. The minimum atomic E-state index is -0.868. The van der Waals surface area contributed by atoms with Crippen molar-refractivity contribution in [2.45, 2.75) is 58.3 Å². The van der Waals surface area contributed by atoms with Crippen molar-refractivity contribution >= 4 is 0 Å². The average Bonchev–Trinajstić information content (AvgIpc) is 2.56. The third-order valence-electron chi connectivity index (χ3n) is 4.75. The molecule has 1 aromatic carbocycles. The summed E-state index contributed by atoms with van der Waals surface area (Å²) in [7, 11) is 0. The van der Waals surface area contributed by atoms with Crippen LogP contribution in [0.3, 0.4) is 0 Å². The van der Waals surface area contributed by atoms with E-state index in [1.54, 1.807) is 0 Å². The van der Waals surface area contributed by atoms with Crippen LogP contribution >= 0.6 is 0 Å². The van der Waals surface area contributed by atoms with E-state index in [9.17, 15) is 8.78 Å². The molecule has 2 rings (SSSR count). The second-order valence-electron chi connectivity index (χ2n) is 6.59. The summed E-state index contributed by atoms with van der Waals surface area (Å²) in [5, 5.41) is 0. The number of allylic oxidation sites excluding steroid dienone is 1. The molecule has 1 aliphatic carbocycles. The van der Waals surface area contributed by atoms with Gasteiger partial charge in [0, 0.05) is 6.07 Å². The van der Waals surface area contributed by atoms with Crippen molar-refractivity contribution in [1.82, 2.24) is 0 Å². The summed E-state index contributed by atoms with van der Waals surface area (Å²) in [5.74, 6) is 0.222. The highest BCUT2D eigenvalue weighted by molar-refractivity contribution is 5.23. The molecule has 3 heteroatoms. The molecule has 0 saturated heterocycles. The monoisotopic (exact) mass is 322 g/mol. The molecule has 0 bridgehead atoms. The Labute approximate surface area is 138 Å². The molecule has 0 N–H and O–H groups in total. The van der Waals surface area contributed by atoms with Gasteiger partial charge in [0.05, 0.1) is 0 Å². The van der Waals surface area contributed by atoms with Crippen LogP contribution in [0.2, 0.25) is 0 Å². The fourth-order valence-electron chi connectivity index (χ4n) is 3.31. The summed E-state index contributed by atoms with van der Waals surface area (Å²) in [4.78, 5) is 0. The van der Waals surface area contributed by atoms with Crippen LogP contribution in [0, 0.1) is 23.5 Å². The van der Waals surface area contributed by atoms with E-state index in [0.29, 0.717) is 18.3 Å². The van der Waals surface area contributed by atoms with E-state index < -0.39 is 11.6 Å². The Morgan fingerprint density at radius 2 is 1.87 bits per heavy atom. The van der Waals surface area contributed by atoms with Crippen molar-refractivity contribution in [3.8, 4) is 5.75 Å². The molecule has 23 heavy (non-hydrogen) atoms. The average molecular weight is 322 g/mol. The summed E-state index contributed by atoms with van der Waals surface area (Å²) < 4.78 is 31.3. The number of unbranched alkanes of at least 4 members (excludes halogenated alkanes) is 2. The summed E-state index contributed by atoms with van der Waals surface area (Å²) in [6.45, 7) is 2.66. The number of ether oxygens (including phenoxy) is 1. The van der Waals surface area contributed by atoms with E-state index in [0.717, 1.165) is 18.1 Å². The maximum absolute atomic E-state index is 13.1. The molecule has 1 aromatic rings. The van der Waals surface area contributed by atoms with E-state index in [2.05, 4.69) is 13.0 Å². The topological polar surface area (TPSA) is 9.23 Å². The van der Waals surface area contributed by atoms with Crippen LogP contribution in [0.25, 0.3) is 0 Å². The Hall–Kier alpha value is -1.38. The highest BCUT2D eigenvalue weighted by Gasteiger charge is 2.18. The number of hydrogen-bond acceptors (Lipinski definition) is 1. The van der Waals surface area contributed by atoms with Crippen LogP contribution in [0.1, 0.15) is 58.3 Å². The molecular weight excluding hydrogens is 294 g/mol. The SMILES string of the molecule is CCCCC[C@H]1CC[C@H](/C=C/COc2ccc(F)c(F)c2)CC1. The Bertz CT molecular complexity index is 490. The first-order valence-electron chi connectivity index (χ1n) is 8.93. The molecule has 0 radical (unpaired) electrons. The third-order valence-corrected chi connectivity index (χ3v) is 4.75. The molecule has 1 nitrogen and oxygen atoms in total. The zero-order valence-electron chi connectivity index (χ0n) is 14.1. The molecule has 1 aliphatic rings. The highest BCUT2D eigenvalue weighted by Crippen LogP contribution is 2.32. The summed E-state index contributed by atoms with van der Waals surface area (Å²) in [6.07, 6.45) is 14.9.